The molecule has 3 N–H and O–H groups in total. The van der Waals surface area contributed by atoms with Gasteiger partial charge in [0, 0.05) is 23.5 Å². The van der Waals surface area contributed by atoms with Crippen LogP contribution in [0.15, 0.2) is 10.2 Å². The molecule has 1 heterocycles. The van der Waals surface area contributed by atoms with Crippen LogP contribution in [0.5, 0.6) is 0 Å². The summed E-state index contributed by atoms with van der Waals surface area (Å²) in [5.41, 5.74) is 0.758. The Morgan fingerprint density at radius 2 is 2.29 bits per heavy atom. The summed E-state index contributed by atoms with van der Waals surface area (Å²) in [6, 6.07) is 0.453. The minimum atomic E-state index is -0.0876. The summed E-state index contributed by atoms with van der Waals surface area (Å²) >= 11 is 1.11. The van der Waals surface area contributed by atoms with Gasteiger partial charge < -0.3 is 15.6 Å². The second-order valence-corrected chi connectivity index (χ2v) is 5.00. The fraction of sp³-hybridized carbons (Fsp3) is 0.636. The molecule has 0 unspecified atom stereocenters. The third-order valence-corrected chi connectivity index (χ3v) is 2.90. The lowest BCUT2D eigenvalue weighted by Crippen LogP contribution is -2.27. The van der Waals surface area contributed by atoms with Crippen molar-refractivity contribution in [2.75, 3.05) is 6.54 Å². The predicted octanol–water partition coefficient (Wildman–Crippen LogP) is 0.831. The Kier molecular flexibility index (Phi) is 5.93. The molecule has 0 aliphatic carbocycles. The van der Waals surface area contributed by atoms with Crippen LogP contribution in [0.3, 0.4) is 0 Å². The number of hydrogen-bond acceptors (Lipinski definition) is 4. The highest BCUT2D eigenvalue weighted by Gasteiger charge is 2.02. The van der Waals surface area contributed by atoms with Crippen LogP contribution in [0.4, 0.5) is 0 Å². The lowest BCUT2D eigenvalue weighted by Gasteiger charge is -2.07. The van der Waals surface area contributed by atoms with Gasteiger partial charge in [0.25, 0.3) is 0 Å². The normalized spacial score (nSPS) is 10.8. The second-order valence-electron chi connectivity index (χ2n) is 4.16. The van der Waals surface area contributed by atoms with E-state index in [-0.39, 0.29) is 10.8 Å². The Bertz CT molecular complexity index is 397. The van der Waals surface area contributed by atoms with Crippen LogP contribution >= 0.6 is 11.3 Å². The van der Waals surface area contributed by atoms with Gasteiger partial charge in [0.15, 0.2) is 0 Å². The number of nitrogens with one attached hydrogen (secondary N) is 3. The van der Waals surface area contributed by atoms with Crippen molar-refractivity contribution in [3.63, 3.8) is 0 Å². The third kappa shape index (κ3) is 6.23. The number of aromatic nitrogens is 1. The zero-order valence-corrected chi connectivity index (χ0v) is 11.0. The molecule has 1 aromatic heterocycles. The number of aromatic amines is 1. The number of amides is 1. The van der Waals surface area contributed by atoms with Gasteiger partial charge in [-0.1, -0.05) is 25.2 Å². The molecule has 1 aromatic rings. The van der Waals surface area contributed by atoms with Crippen LogP contribution in [0.1, 0.15) is 32.4 Å². The van der Waals surface area contributed by atoms with Gasteiger partial charge in [-0.05, 0) is 13.0 Å². The molecular weight excluding hydrogens is 238 g/mol. The number of hydrogen-bond donors (Lipinski definition) is 3. The molecule has 0 saturated carbocycles. The molecular formula is C11H19N3O2S. The molecule has 96 valence electrons. The summed E-state index contributed by atoms with van der Waals surface area (Å²) in [4.78, 5) is 24.9. The summed E-state index contributed by atoms with van der Waals surface area (Å²) in [5, 5.41) is 7.75. The molecule has 17 heavy (non-hydrogen) atoms. The highest BCUT2D eigenvalue weighted by Crippen LogP contribution is 1.95. The van der Waals surface area contributed by atoms with E-state index >= 15 is 0 Å². The van der Waals surface area contributed by atoms with Gasteiger partial charge in [-0.2, -0.15) is 0 Å². The minimum Gasteiger partial charge on any atom is -0.351 e. The molecule has 0 aromatic carbocycles. The van der Waals surface area contributed by atoms with E-state index in [9.17, 15) is 9.59 Å². The zero-order chi connectivity index (χ0) is 12.7. The first-order valence-electron chi connectivity index (χ1n) is 5.74. The molecule has 1 rings (SSSR count). The number of H-pyrrole nitrogens is 1. The Balaban J connectivity index is 2.11. The maximum Gasteiger partial charge on any atom is 0.304 e. The highest BCUT2D eigenvalue weighted by molar-refractivity contribution is 7.07. The number of carbonyl (C=O) groups excluding carboxylic acids is 1. The minimum absolute atomic E-state index is 0.0163. The van der Waals surface area contributed by atoms with Gasteiger partial charge in [0.1, 0.15) is 0 Å². The second kappa shape index (κ2) is 7.24. The number of thiazole rings is 1. The number of carbonyl (C=O) groups is 1. The van der Waals surface area contributed by atoms with Gasteiger partial charge in [-0.25, -0.2) is 0 Å². The van der Waals surface area contributed by atoms with Crippen LogP contribution < -0.4 is 15.5 Å². The van der Waals surface area contributed by atoms with Crippen LogP contribution in [-0.4, -0.2) is 23.5 Å². The van der Waals surface area contributed by atoms with E-state index in [1.54, 1.807) is 5.38 Å². The lowest BCUT2D eigenvalue weighted by atomic mass is 10.2. The average Bonchev–Trinajstić information content (AvgIpc) is 2.67. The summed E-state index contributed by atoms with van der Waals surface area (Å²) in [6.45, 7) is 5.40. The third-order valence-electron chi connectivity index (χ3n) is 2.18. The molecule has 0 fully saturated rings. The lowest BCUT2D eigenvalue weighted by molar-refractivity contribution is -0.121. The van der Waals surface area contributed by atoms with Crippen molar-refractivity contribution >= 4 is 17.2 Å². The molecule has 0 bridgehead atoms. The largest absolute Gasteiger partial charge is 0.351 e. The van der Waals surface area contributed by atoms with Crippen molar-refractivity contribution in [1.29, 1.82) is 0 Å². The Hall–Kier alpha value is -1.14. The van der Waals surface area contributed by atoms with E-state index in [4.69, 9.17) is 0 Å². The molecule has 0 radical (unpaired) electrons. The molecule has 0 spiro atoms. The molecule has 0 aliphatic heterocycles. The average molecular weight is 257 g/mol. The van der Waals surface area contributed by atoms with Crippen molar-refractivity contribution in [3.05, 3.63) is 20.7 Å². The van der Waals surface area contributed by atoms with Crippen LogP contribution in [0.25, 0.3) is 0 Å². The summed E-state index contributed by atoms with van der Waals surface area (Å²) in [5.74, 6) is 0.0163. The SMILES string of the molecule is CC(C)NCCCC(=O)NCc1csc(=O)[nH]1. The van der Waals surface area contributed by atoms with E-state index in [1.165, 1.54) is 0 Å². The molecule has 0 saturated heterocycles. The monoisotopic (exact) mass is 257 g/mol. The van der Waals surface area contributed by atoms with Crippen LogP contribution in [0.2, 0.25) is 0 Å². The summed E-state index contributed by atoms with van der Waals surface area (Å²) < 4.78 is 0. The summed E-state index contributed by atoms with van der Waals surface area (Å²) in [6.07, 6.45) is 1.33. The van der Waals surface area contributed by atoms with Gasteiger partial charge in [-0.15, -0.1) is 0 Å². The maximum absolute atomic E-state index is 11.4. The molecule has 0 atom stereocenters. The van der Waals surface area contributed by atoms with Crippen molar-refractivity contribution in [3.8, 4) is 0 Å². The van der Waals surface area contributed by atoms with Gasteiger partial charge in [-0.3, -0.25) is 9.59 Å². The first-order valence-corrected chi connectivity index (χ1v) is 6.62. The van der Waals surface area contributed by atoms with Crippen LogP contribution in [0, 0.1) is 0 Å². The van der Waals surface area contributed by atoms with E-state index in [2.05, 4.69) is 29.5 Å². The molecule has 0 aliphatic rings. The van der Waals surface area contributed by atoms with E-state index < -0.39 is 0 Å². The Labute approximate surface area is 105 Å². The fourth-order valence-corrected chi connectivity index (χ4v) is 1.90. The van der Waals surface area contributed by atoms with Gasteiger partial charge >= 0.3 is 4.87 Å². The fourth-order valence-electron chi connectivity index (χ4n) is 1.32. The first-order chi connectivity index (χ1) is 8.08. The standard InChI is InChI=1S/C11H19N3O2S/c1-8(2)12-5-3-4-10(15)13-6-9-7-17-11(16)14-9/h7-8,12H,3-6H2,1-2H3,(H,13,15)(H,14,16). The zero-order valence-electron chi connectivity index (χ0n) is 10.2. The number of rotatable bonds is 7. The maximum atomic E-state index is 11.4. The van der Waals surface area contributed by atoms with Gasteiger partial charge in [0.05, 0.1) is 6.54 Å². The van der Waals surface area contributed by atoms with Crippen molar-refractivity contribution < 1.29 is 4.79 Å². The Morgan fingerprint density at radius 1 is 1.53 bits per heavy atom. The Morgan fingerprint density at radius 3 is 2.88 bits per heavy atom. The molecule has 5 nitrogen and oxygen atoms in total. The van der Waals surface area contributed by atoms with Crippen LogP contribution in [-0.2, 0) is 11.3 Å². The quantitative estimate of drug-likeness (QED) is 0.633. The topological polar surface area (TPSA) is 74.0 Å². The van der Waals surface area contributed by atoms with Crippen molar-refractivity contribution in [2.24, 2.45) is 0 Å². The summed E-state index contributed by atoms with van der Waals surface area (Å²) in [7, 11) is 0. The highest BCUT2D eigenvalue weighted by atomic mass is 32.1. The predicted molar refractivity (Wildman–Crippen MR) is 69.2 cm³/mol. The first kappa shape index (κ1) is 13.9. The smallest absolute Gasteiger partial charge is 0.304 e. The van der Waals surface area contributed by atoms with E-state index in [0.717, 1.165) is 30.0 Å². The van der Waals surface area contributed by atoms with Crippen molar-refractivity contribution in [2.45, 2.75) is 39.3 Å². The molecule has 1 amide bonds. The van der Waals surface area contributed by atoms with Crippen molar-refractivity contribution in [1.82, 2.24) is 15.6 Å². The van der Waals surface area contributed by atoms with E-state index in [0.29, 0.717) is 19.0 Å². The van der Waals surface area contributed by atoms with E-state index in [1.807, 2.05) is 0 Å². The molecule has 6 heteroatoms. The van der Waals surface area contributed by atoms with Gasteiger partial charge in [0.2, 0.25) is 5.91 Å².